The molecule has 2 rings (SSSR count). The van der Waals surface area contributed by atoms with Gasteiger partial charge in [-0.05, 0) is 37.5 Å². The van der Waals surface area contributed by atoms with Crippen LogP contribution in [0.5, 0.6) is 0 Å². The number of hydrogen-bond donors (Lipinski definition) is 0. The first kappa shape index (κ1) is 13.3. The molecule has 0 radical (unpaired) electrons. The first-order valence-corrected chi connectivity index (χ1v) is 6.64. The highest BCUT2D eigenvalue weighted by Gasteiger charge is 2.35. The number of carbonyl (C=O) groups is 1. The summed E-state index contributed by atoms with van der Waals surface area (Å²) in [6.07, 6.45) is 3.78. The summed E-state index contributed by atoms with van der Waals surface area (Å²) >= 11 is 6.04. The molecule has 1 aliphatic rings. The van der Waals surface area contributed by atoms with Gasteiger partial charge in [0.15, 0.2) is 0 Å². The van der Waals surface area contributed by atoms with E-state index in [0.29, 0.717) is 0 Å². The Labute approximate surface area is 113 Å². The largest absolute Gasteiger partial charge is 0.298 e. The van der Waals surface area contributed by atoms with Crippen LogP contribution >= 0.6 is 11.6 Å². The van der Waals surface area contributed by atoms with Gasteiger partial charge in [-0.15, -0.1) is 6.58 Å². The lowest BCUT2D eigenvalue weighted by Crippen LogP contribution is -2.36. The number of likely N-dealkylation sites (tertiary alicyclic amines) is 1. The van der Waals surface area contributed by atoms with Crippen molar-refractivity contribution < 1.29 is 4.79 Å². The predicted molar refractivity (Wildman–Crippen MR) is 74.8 cm³/mol. The van der Waals surface area contributed by atoms with E-state index in [1.807, 2.05) is 24.3 Å². The van der Waals surface area contributed by atoms with Crippen LogP contribution in [0.25, 0.3) is 0 Å². The van der Waals surface area contributed by atoms with Crippen LogP contribution in [0.2, 0.25) is 5.02 Å². The third-order valence-corrected chi connectivity index (χ3v) is 3.79. The summed E-state index contributed by atoms with van der Waals surface area (Å²) in [6, 6.07) is 8.20. The van der Waals surface area contributed by atoms with E-state index >= 15 is 0 Å². The summed E-state index contributed by atoms with van der Waals surface area (Å²) in [6.45, 7) is 6.19. The van der Waals surface area contributed by atoms with Crippen molar-refractivity contribution in [1.82, 2.24) is 4.90 Å². The zero-order chi connectivity index (χ0) is 13.1. The molecule has 0 saturated carbocycles. The van der Waals surface area contributed by atoms with E-state index < -0.39 is 0 Å². The molecule has 2 nitrogen and oxygen atoms in total. The summed E-state index contributed by atoms with van der Waals surface area (Å²) in [5, 5.41) is 0.748. The smallest absolute Gasteiger partial charge is 0.146 e. The number of hydrogen-bond acceptors (Lipinski definition) is 2. The molecule has 0 spiro atoms. The van der Waals surface area contributed by atoms with Crippen LogP contribution in [0.1, 0.15) is 31.4 Å². The maximum absolute atomic E-state index is 11.7. The van der Waals surface area contributed by atoms with Crippen molar-refractivity contribution in [3.05, 3.63) is 47.5 Å². The molecule has 0 N–H and O–H groups in total. The van der Waals surface area contributed by atoms with Gasteiger partial charge in [0.2, 0.25) is 0 Å². The minimum atomic E-state index is 0.0204. The van der Waals surface area contributed by atoms with Gasteiger partial charge in [0.05, 0.1) is 6.04 Å². The number of benzene rings is 1. The van der Waals surface area contributed by atoms with Crippen molar-refractivity contribution in [1.29, 1.82) is 0 Å². The summed E-state index contributed by atoms with van der Waals surface area (Å²) in [5.41, 5.74) is 1.19. The molecule has 2 atom stereocenters. The van der Waals surface area contributed by atoms with E-state index in [-0.39, 0.29) is 17.9 Å². The molecule has 0 aliphatic carbocycles. The SMILES string of the molecule is C=CCN1[C@@H](C(C)=O)CC[C@H]1c1cccc(Cl)c1. The molecule has 1 aliphatic heterocycles. The average molecular weight is 264 g/mol. The number of carbonyl (C=O) groups excluding carboxylic acids is 1. The first-order valence-electron chi connectivity index (χ1n) is 6.26. The monoisotopic (exact) mass is 263 g/mol. The molecule has 96 valence electrons. The van der Waals surface area contributed by atoms with Crippen molar-refractivity contribution in [3.63, 3.8) is 0 Å². The molecule has 0 unspecified atom stereocenters. The molecule has 1 heterocycles. The summed E-state index contributed by atoms with van der Waals surface area (Å²) in [7, 11) is 0. The molecule has 0 aromatic heterocycles. The molecule has 0 bridgehead atoms. The highest BCUT2D eigenvalue weighted by Crippen LogP contribution is 2.36. The van der Waals surface area contributed by atoms with Crippen molar-refractivity contribution in [2.75, 3.05) is 6.54 Å². The Morgan fingerprint density at radius 2 is 2.33 bits per heavy atom. The maximum Gasteiger partial charge on any atom is 0.146 e. The molecule has 1 aromatic carbocycles. The van der Waals surface area contributed by atoms with Gasteiger partial charge in [0, 0.05) is 17.6 Å². The quantitative estimate of drug-likeness (QED) is 0.774. The molecule has 0 amide bonds. The topological polar surface area (TPSA) is 20.3 Å². The number of Topliss-reactive ketones (excluding diaryl/α,β-unsaturated/α-hetero) is 1. The van der Waals surface area contributed by atoms with E-state index in [1.165, 1.54) is 5.56 Å². The second-order valence-corrected chi connectivity index (χ2v) is 5.20. The van der Waals surface area contributed by atoms with Crippen LogP contribution in [-0.2, 0) is 4.79 Å². The Kier molecular flexibility index (Phi) is 4.20. The molecule has 1 saturated heterocycles. The molecule has 18 heavy (non-hydrogen) atoms. The second kappa shape index (κ2) is 5.68. The predicted octanol–water partition coefficient (Wildman–Crippen LogP) is 3.62. The Balaban J connectivity index is 2.27. The van der Waals surface area contributed by atoms with Crippen LogP contribution in [-0.4, -0.2) is 23.3 Å². The van der Waals surface area contributed by atoms with Gasteiger partial charge in [0.1, 0.15) is 5.78 Å². The Morgan fingerprint density at radius 3 is 2.94 bits per heavy atom. The highest BCUT2D eigenvalue weighted by molar-refractivity contribution is 6.30. The van der Waals surface area contributed by atoms with Gasteiger partial charge < -0.3 is 0 Å². The first-order chi connectivity index (χ1) is 8.63. The normalized spacial score (nSPS) is 24.1. The minimum Gasteiger partial charge on any atom is -0.298 e. The van der Waals surface area contributed by atoms with Crippen molar-refractivity contribution in [3.8, 4) is 0 Å². The van der Waals surface area contributed by atoms with Crippen molar-refractivity contribution in [2.24, 2.45) is 0 Å². The molecular formula is C15H18ClNO. The third-order valence-electron chi connectivity index (χ3n) is 3.56. The number of halogens is 1. The van der Waals surface area contributed by atoms with Crippen molar-refractivity contribution in [2.45, 2.75) is 31.8 Å². The fraction of sp³-hybridized carbons (Fsp3) is 0.400. The van der Waals surface area contributed by atoms with Gasteiger partial charge in [-0.1, -0.05) is 29.8 Å². The lowest BCUT2D eigenvalue weighted by Gasteiger charge is -2.28. The highest BCUT2D eigenvalue weighted by atomic mass is 35.5. The van der Waals surface area contributed by atoms with Crippen molar-refractivity contribution >= 4 is 17.4 Å². The molecule has 1 fully saturated rings. The number of nitrogens with zero attached hydrogens (tertiary/aromatic N) is 1. The number of rotatable bonds is 4. The lowest BCUT2D eigenvalue weighted by atomic mass is 10.0. The fourth-order valence-corrected chi connectivity index (χ4v) is 2.98. The maximum atomic E-state index is 11.7. The molecular weight excluding hydrogens is 246 g/mol. The van der Waals surface area contributed by atoms with Crippen LogP contribution in [0.15, 0.2) is 36.9 Å². The zero-order valence-corrected chi connectivity index (χ0v) is 11.4. The van der Waals surface area contributed by atoms with E-state index in [2.05, 4.69) is 17.5 Å². The summed E-state index contributed by atoms with van der Waals surface area (Å²) < 4.78 is 0. The lowest BCUT2D eigenvalue weighted by molar-refractivity contribution is -0.121. The third kappa shape index (κ3) is 2.65. The van der Waals surface area contributed by atoms with E-state index in [9.17, 15) is 4.79 Å². The molecule has 3 heteroatoms. The van der Waals surface area contributed by atoms with Crippen LogP contribution in [0, 0.1) is 0 Å². The minimum absolute atomic E-state index is 0.0204. The average Bonchev–Trinajstić information content (AvgIpc) is 2.73. The summed E-state index contributed by atoms with van der Waals surface area (Å²) in [4.78, 5) is 13.9. The Morgan fingerprint density at radius 1 is 1.56 bits per heavy atom. The summed E-state index contributed by atoms with van der Waals surface area (Å²) in [5.74, 6) is 0.237. The standard InChI is InChI=1S/C15H18ClNO/c1-3-9-17-14(11(2)18)7-8-15(17)12-5-4-6-13(16)10-12/h3-6,10,14-15H,1,7-9H2,2H3/t14-,15+/m1/s1. The van der Waals surface area contributed by atoms with Crippen LogP contribution in [0.3, 0.4) is 0 Å². The second-order valence-electron chi connectivity index (χ2n) is 4.76. The van der Waals surface area contributed by atoms with E-state index in [4.69, 9.17) is 11.6 Å². The fourth-order valence-electron chi connectivity index (χ4n) is 2.78. The van der Waals surface area contributed by atoms with Crippen LogP contribution < -0.4 is 0 Å². The van der Waals surface area contributed by atoms with Crippen LogP contribution in [0.4, 0.5) is 0 Å². The Hall–Kier alpha value is -1.12. The van der Waals surface area contributed by atoms with E-state index in [0.717, 1.165) is 24.4 Å². The van der Waals surface area contributed by atoms with E-state index in [1.54, 1.807) is 6.92 Å². The van der Waals surface area contributed by atoms with Gasteiger partial charge in [-0.3, -0.25) is 9.69 Å². The van der Waals surface area contributed by atoms with Gasteiger partial charge in [0.25, 0.3) is 0 Å². The van der Waals surface area contributed by atoms with Gasteiger partial charge in [-0.2, -0.15) is 0 Å². The zero-order valence-electron chi connectivity index (χ0n) is 10.6. The van der Waals surface area contributed by atoms with Gasteiger partial charge in [-0.25, -0.2) is 0 Å². The Bertz CT molecular complexity index is 458. The van der Waals surface area contributed by atoms with Gasteiger partial charge >= 0.3 is 0 Å². The molecule has 1 aromatic rings. The number of ketones is 1.